The molecule has 2 fully saturated rings. The molecule has 0 aromatic heterocycles. The molecule has 3 aliphatic rings. The quantitative estimate of drug-likeness (QED) is 0.635. The number of hydrogen-bond acceptors (Lipinski definition) is 7. The zero-order valence-corrected chi connectivity index (χ0v) is 19.7. The number of carbonyl (C=O) groups excluding carboxylic acids is 1. The number of nitrogens with zero attached hydrogens (tertiary/aromatic N) is 3. The fourth-order valence-electron chi connectivity index (χ4n) is 4.64. The van der Waals surface area contributed by atoms with E-state index in [0.717, 1.165) is 82.6 Å². The topological polar surface area (TPSA) is 66.5 Å². The maximum absolute atomic E-state index is 12.5. The van der Waals surface area contributed by atoms with Crippen LogP contribution in [0.3, 0.4) is 0 Å². The summed E-state index contributed by atoms with van der Waals surface area (Å²) in [5, 5.41) is 3.08. The highest BCUT2D eigenvalue weighted by molar-refractivity contribution is 5.78. The van der Waals surface area contributed by atoms with Crippen molar-refractivity contribution in [3.05, 3.63) is 59.2 Å². The Kier molecular flexibility index (Phi) is 7.60. The minimum absolute atomic E-state index is 0.0848. The van der Waals surface area contributed by atoms with Crippen LogP contribution in [-0.4, -0.2) is 86.4 Å². The fraction of sp³-hybridized carbons (Fsp3) is 0.500. The first kappa shape index (κ1) is 23.1. The normalized spacial score (nSPS) is 19.3. The Balaban J connectivity index is 0.999. The fourth-order valence-corrected chi connectivity index (χ4v) is 4.64. The van der Waals surface area contributed by atoms with Crippen molar-refractivity contribution in [2.45, 2.75) is 19.6 Å². The zero-order valence-electron chi connectivity index (χ0n) is 19.7. The van der Waals surface area contributed by atoms with Crippen LogP contribution in [0.5, 0.6) is 11.5 Å². The minimum atomic E-state index is 0.0848. The van der Waals surface area contributed by atoms with Gasteiger partial charge in [-0.1, -0.05) is 30.3 Å². The maximum Gasteiger partial charge on any atom is 0.234 e. The van der Waals surface area contributed by atoms with E-state index in [0.29, 0.717) is 19.9 Å². The molecule has 0 bridgehead atoms. The third-order valence-corrected chi connectivity index (χ3v) is 6.70. The molecule has 0 radical (unpaired) electrons. The van der Waals surface area contributed by atoms with E-state index in [4.69, 9.17) is 14.2 Å². The molecular weight excluding hydrogens is 432 g/mol. The summed E-state index contributed by atoms with van der Waals surface area (Å²) in [5.41, 5.74) is 3.66. The van der Waals surface area contributed by atoms with Crippen LogP contribution in [0.4, 0.5) is 0 Å². The molecule has 0 atom stereocenters. The van der Waals surface area contributed by atoms with Gasteiger partial charge in [0.1, 0.15) is 0 Å². The molecule has 3 aliphatic heterocycles. The molecule has 0 spiro atoms. The van der Waals surface area contributed by atoms with E-state index in [1.54, 1.807) is 0 Å². The van der Waals surface area contributed by atoms with E-state index in [9.17, 15) is 4.79 Å². The van der Waals surface area contributed by atoms with Gasteiger partial charge in [-0.2, -0.15) is 0 Å². The highest BCUT2D eigenvalue weighted by atomic mass is 16.7. The first-order valence-corrected chi connectivity index (χ1v) is 12.2. The monoisotopic (exact) mass is 466 g/mol. The Morgan fingerprint density at radius 1 is 0.735 bits per heavy atom. The molecule has 1 amide bonds. The second-order valence-electron chi connectivity index (χ2n) is 9.22. The van der Waals surface area contributed by atoms with Crippen molar-refractivity contribution in [2.75, 3.05) is 65.8 Å². The van der Waals surface area contributed by atoms with Crippen molar-refractivity contribution < 1.29 is 19.0 Å². The van der Waals surface area contributed by atoms with Crippen molar-refractivity contribution in [2.24, 2.45) is 0 Å². The predicted octanol–water partition coefficient (Wildman–Crippen LogP) is 1.68. The largest absolute Gasteiger partial charge is 0.454 e. The molecule has 0 aliphatic carbocycles. The van der Waals surface area contributed by atoms with Gasteiger partial charge in [-0.25, -0.2) is 0 Å². The molecule has 1 N–H and O–H groups in total. The van der Waals surface area contributed by atoms with Crippen LogP contribution < -0.4 is 14.8 Å². The van der Waals surface area contributed by atoms with Gasteiger partial charge in [-0.15, -0.1) is 0 Å². The Morgan fingerprint density at radius 3 is 2.15 bits per heavy atom. The van der Waals surface area contributed by atoms with Crippen LogP contribution in [0.1, 0.15) is 16.7 Å². The van der Waals surface area contributed by atoms with Crippen LogP contribution in [0.15, 0.2) is 42.5 Å². The SMILES string of the molecule is O=C(CN1CCN(Cc2ccc3c(c2)OCO3)CC1)NCc1ccc(CN2CCOCC2)cc1. The van der Waals surface area contributed by atoms with Crippen molar-refractivity contribution in [1.29, 1.82) is 0 Å². The molecule has 34 heavy (non-hydrogen) atoms. The Labute approximate surface area is 201 Å². The average molecular weight is 467 g/mol. The first-order chi connectivity index (χ1) is 16.7. The number of rotatable bonds is 8. The van der Waals surface area contributed by atoms with E-state index < -0.39 is 0 Å². The number of carbonyl (C=O) groups is 1. The Hall–Kier alpha value is -2.65. The second kappa shape index (κ2) is 11.2. The molecular formula is C26H34N4O4. The van der Waals surface area contributed by atoms with Crippen molar-refractivity contribution in [3.8, 4) is 11.5 Å². The third-order valence-electron chi connectivity index (χ3n) is 6.70. The van der Waals surface area contributed by atoms with Crippen LogP contribution in [-0.2, 0) is 29.2 Å². The van der Waals surface area contributed by atoms with Gasteiger partial charge in [-0.3, -0.25) is 19.5 Å². The number of benzene rings is 2. The van der Waals surface area contributed by atoms with E-state index in [1.165, 1.54) is 11.1 Å². The van der Waals surface area contributed by atoms with Crippen LogP contribution in [0.2, 0.25) is 0 Å². The maximum atomic E-state index is 12.5. The summed E-state index contributed by atoms with van der Waals surface area (Å²) in [5.74, 6) is 1.74. The van der Waals surface area contributed by atoms with E-state index in [2.05, 4.69) is 56.4 Å². The lowest BCUT2D eigenvalue weighted by Gasteiger charge is -2.34. The Morgan fingerprint density at radius 2 is 1.35 bits per heavy atom. The van der Waals surface area contributed by atoms with Gasteiger partial charge in [-0.05, 0) is 28.8 Å². The molecule has 0 saturated carbocycles. The van der Waals surface area contributed by atoms with Crippen molar-refractivity contribution in [1.82, 2.24) is 20.0 Å². The molecule has 3 heterocycles. The molecule has 2 aromatic carbocycles. The Bertz CT molecular complexity index is 954. The molecule has 8 heteroatoms. The van der Waals surface area contributed by atoms with Gasteiger partial charge in [0.25, 0.3) is 0 Å². The lowest BCUT2D eigenvalue weighted by atomic mass is 10.1. The first-order valence-electron chi connectivity index (χ1n) is 12.2. The molecule has 2 saturated heterocycles. The molecule has 2 aromatic rings. The molecule has 0 unspecified atom stereocenters. The summed E-state index contributed by atoms with van der Waals surface area (Å²) in [6, 6.07) is 14.7. The number of morpholine rings is 1. The van der Waals surface area contributed by atoms with Gasteiger partial charge in [0.05, 0.1) is 19.8 Å². The number of hydrogen-bond donors (Lipinski definition) is 1. The van der Waals surface area contributed by atoms with Crippen molar-refractivity contribution >= 4 is 5.91 Å². The second-order valence-corrected chi connectivity index (χ2v) is 9.22. The number of piperazine rings is 1. The number of ether oxygens (including phenoxy) is 3. The van der Waals surface area contributed by atoms with Crippen LogP contribution in [0.25, 0.3) is 0 Å². The van der Waals surface area contributed by atoms with E-state index in [1.807, 2.05) is 6.07 Å². The summed E-state index contributed by atoms with van der Waals surface area (Å²) < 4.78 is 16.3. The predicted molar refractivity (Wildman–Crippen MR) is 129 cm³/mol. The molecule has 182 valence electrons. The van der Waals surface area contributed by atoms with Gasteiger partial charge in [0.2, 0.25) is 12.7 Å². The number of nitrogens with one attached hydrogen (secondary N) is 1. The van der Waals surface area contributed by atoms with Gasteiger partial charge in [0.15, 0.2) is 11.5 Å². The van der Waals surface area contributed by atoms with E-state index in [-0.39, 0.29) is 5.91 Å². The van der Waals surface area contributed by atoms with Gasteiger partial charge in [0, 0.05) is 58.9 Å². The van der Waals surface area contributed by atoms with Crippen LogP contribution in [0, 0.1) is 0 Å². The summed E-state index contributed by atoms with van der Waals surface area (Å²) in [7, 11) is 0. The van der Waals surface area contributed by atoms with Crippen molar-refractivity contribution in [3.63, 3.8) is 0 Å². The summed E-state index contributed by atoms with van der Waals surface area (Å²) >= 11 is 0. The highest BCUT2D eigenvalue weighted by Crippen LogP contribution is 2.32. The molecule has 8 nitrogen and oxygen atoms in total. The van der Waals surface area contributed by atoms with E-state index >= 15 is 0 Å². The minimum Gasteiger partial charge on any atom is -0.454 e. The lowest BCUT2D eigenvalue weighted by molar-refractivity contribution is -0.122. The molecule has 5 rings (SSSR count). The summed E-state index contributed by atoms with van der Waals surface area (Å²) in [6.07, 6.45) is 0. The smallest absolute Gasteiger partial charge is 0.234 e. The lowest BCUT2D eigenvalue weighted by Crippen LogP contribution is -2.49. The van der Waals surface area contributed by atoms with Gasteiger partial charge < -0.3 is 19.5 Å². The third kappa shape index (κ3) is 6.27. The summed E-state index contributed by atoms with van der Waals surface area (Å²) in [4.78, 5) is 19.6. The zero-order chi connectivity index (χ0) is 23.2. The highest BCUT2D eigenvalue weighted by Gasteiger charge is 2.20. The number of fused-ring (bicyclic) bond motifs is 1. The van der Waals surface area contributed by atoms with Crippen LogP contribution >= 0.6 is 0 Å². The number of amides is 1. The standard InChI is InChI=1S/C26H34N4O4/c31-26(27-16-21-1-3-22(4-2-21)17-30-11-13-32-14-12-30)19-29-9-7-28(8-10-29)18-23-5-6-24-25(15-23)34-20-33-24/h1-6,15H,7-14,16-20H2,(H,27,31). The van der Waals surface area contributed by atoms with Gasteiger partial charge >= 0.3 is 0 Å². The average Bonchev–Trinajstić information content (AvgIpc) is 3.34. The summed E-state index contributed by atoms with van der Waals surface area (Å²) in [6.45, 7) is 10.5.